The van der Waals surface area contributed by atoms with Crippen LogP contribution in [0.4, 0.5) is 11.4 Å². The second-order valence-corrected chi connectivity index (χ2v) is 6.72. The number of rotatable bonds is 8. The van der Waals surface area contributed by atoms with Gasteiger partial charge in [0.15, 0.2) is 0 Å². The van der Waals surface area contributed by atoms with Gasteiger partial charge in [0.2, 0.25) is 11.8 Å². The van der Waals surface area contributed by atoms with E-state index in [9.17, 15) is 9.59 Å². The lowest BCUT2D eigenvalue weighted by atomic mass is 10.3. The zero-order chi connectivity index (χ0) is 18.9. The summed E-state index contributed by atoms with van der Waals surface area (Å²) in [4.78, 5) is 24.4. The second-order valence-electron chi connectivity index (χ2n) is 5.39. The minimum Gasteiger partial charge on any atom is -0.495 e. The average molecular weight is 374 g/mol. The van der Waals surface area contributed by atoms with Crippen LogP contribution in [-0.2, 0) is 9.59 Å². The van der Waals surface area contributed by atoms with Gasteiger partial charge in [0, 0.05) is 0 Å². The summed E-state index contributed by atoms with van der Waals surface area (Å²) in [6.45, 7) is 1.76. The van der Waals surface area contributed by atoms with Crippen molar-refractivity contribution in [1.29, 1.82) is 0 Å². The van der Waals surface area contributed by atoms with Crippen molar-refractivity contribution >= 4 is 35.0 Å². The number of hydrogen-bond donors (Lipinski definition) is 2. The molecule has 0 aromatic heterocycles. The van der Waals surface area contributed by atoms with Gasteiger partial charge in [-0.2, -0.15) is 0 Å². The van der Waals surface area contributed by atoms with Crippen LogP contribution < -0.4 is 20.1 Å². The fourth-order valence-electron chi connectivity index (χ4n) is 2.19. The van der Waals surface area contributed by atoms with E-state index < -0.39 is 5.25 Å². The smallest absolute Gasteiger partial charge is 0.237 e. The Labute approximate surface area is 157 Å². The normalized spacial score (nSPS) is 11.3. The quantitative estimate of drug-likeness (QED) is 0.741. The van der Waals surface area contributed by atoms with Gasteiger partial charge < -0.3 is 20.1 Å². The highest BCUT2D eigenvalue weighted by Crippen LogP contribution is 2.25. The van der Waals surface area contributed by atoms with Crippen molar-refractivity contribution in [2.45, 2.75) is 12.2 Å². The van der Waals surface area contributed by atoms with Gasteiger partial charge in [-0.1, -0.05) is 24.3 Å². The number of amides is 2. The summed E-state index contributed by atoms with van der Waals surface area (Å²) < 4.78 is 10.4. The molecule has 0 aliphatic carbocycles. The molecule has 1 atom stereocenters. The first-order chi connectivity index (χ1) is 12.5. The van der Waals surface area contributed by atoms with E-state index in [0.717, 1.165) is 0 Å². The molecule has 0 bridgehead atoms. The maximum atomic E-state index is 12.3. The predicted molar refractivity (Wildman–Crippen MR) is 105 cm³/mol. The molecule has 0 spiro atoms. The molecule has 2 amide bonds. The number of nitrogens with one attached hydrogen (secondary N) is 2. The van der Waals surface area contributed by atoms with E-state index in [0.29, 0.717) is 22.9 Å². The highest BCUT2D eigenvalue weighted by Gasteiger charge is 2.17. The van der Waals surface area contributed by atoms with Crippen LogP contribution in [0.25, 0.3) is 0 Å². The minimum atomic E-state index is -0.400. The van der Waals surface area contributed by atoms with E-state index in [2.05, 4.69) is 10.6 Å². The monoisotopic (exact) mass is 374 g/mol. The van der Waals surface area contributed by atoms with Crippen LogP contribution in [0.3, 0.4) is 0 Å². The summed E-state index contributed by atoms with van der Waals surface area (Å²) in [6, 6.07) is 14.4. The largest absolute Gasteiger partial charge is 0.495 e. The van der Waals surface area contributed by atoms with Crippen molar-refractivity contribution in [3.8, 4) is 11.5 Å². The number of methoxy groups -OCH3 is 2. The first kappa shape index (κ1) is 19.7. The Hall–Kier alpha value is -2.67. The molecule has 2 N–H and O–H groups in total. The minimum absolute atomic E-state index is 0.151. The standard InChI is InChI=1S/C19H22N2O4S/c1-13(19(23)21-15-9-5-7-11-17(15)25-3)26-12-18(22)20-14-8-4-6-10-16(14)24-2/h4-11,13H,12H2,1-3H3,(H,20,22)(H,21,23). The van der Waals surface area contributed by atoms with Gasteiger partial charge >= 0.3 is 0 Å². The van der Waals surface area contributed by atoms with Gasteiger partial charge in [-0.3, -0.25) is 9.59 Å². The molecule has 0 saturated carbocycles. The Bertz CT molecular complexity index is 767. The Morgan fingerprint density at radius 1 is 0.923 bits per heavy atom. The summed E-state index contributed by atoms with van der Waals surface area (Å²) >= 11 is 1.25. The van der Waals surface area contributed by atoms with Gasteiger partial charge in [0.05, 0.1) is 36.6 Å². The number of hydrogen-bond acceptors (Lipinski definition) is 5. The van der Waals surface area contributed by atoms with Gasteiger partial charge in [-0.25, -0.2) is 0 Å². The van der Waals surface area contributed by atoms with Crippen molar-refractivity contribution in [3.05, 3.63) is 48.5 Å². The molecular formula is C19H22N2O4S. The molecule has 2 aromatic carbocycles. The van der Waals surface area contributed by atoms with Crippen LogP contribution in [0.2, 0.25) is 0 Å². The first-order valence-corrected chi connectivity index (χ1v) is 9.08. The number of carbonyl (C=O) groups excluding carboxylic acids is 2. The van der Waals surface area contributed by atoms with Crippen LogP contribution >= 0.6 is 11.8 Å². The summed E-state index contributed by atoms with van der Waals surface area (Å²) in [7, 11) is 3.09. The third-order valence-electron chi connectivity index (χ3n) is 3.58. The van der Waals surface area contributed by atoms with Crippen molar-refractivity contribution in [2.75, 3.05) is 30.6 Å². The zero-order valence-electron chi connectivity index (χ0n) is 14.9. The Kier molecular flexibility index (Phi) is 7.35. The molecule has 138 valence electrons. The zero-order valence-corrected chi connectivity index (χ0v) is 15.8. The van der Waals surface area contributed by atoms with E-state index in [-0.39, 0.29) is 17.6 Å². The molecule has 0 aliphatic heterocycles. The molecule has 0 aliphatic rings. The summed E-state index contributed by atoms with van der Waals surface area (Å²) in [6.07, 6.45) is 0. The lowest BCUT2D eigenvalue weighted by Crippen LogP contribution is -2.25. The van der Waals surface area contributed by atoms with E-state index in [1.54, 1.807) is 45.4 Å². The molecule has 1 unspecified atom stereocenters. The van der Waals surface area contributed by atoms with Crippen LogP contribution in [0.5, 0.6) is 11.5 Å². The van der Waals surface area contributed by atoms with Crippen molar-refractivity contribution in [2.24, 2.45) is 0 Å². The van der Waals surface area contributed by atoms with Gasteiger partial charge in [0.25, 0.3) is 0 Å². The Balaban J connectivity index is 1.86. The highest BCUT2D eigenvalue weighted by atomic mass is 32.2. The summed E-state index contributed by atoms with van der Waals surface area (Å²) in [5, 5.41) is 5.20. The Morgan fingerprint density at radius 3 is 1.96 bits per heavy atom. The van der Waals surface area contributed by atoms with Crippen molar-refractivity contribution < 1.29 is 19.1 Å². The average Bonchev–Trinajstić information content (AvgIpc) is 2.66. The lowest BCUT2D eigenvalue weighted by molar-refractivity contribution is -0.115. The molecule has 0 heterocycles. The van der Waals surface area contributed by atoms with Crippen LogP contribution in [-0.4, -0.2) is 37.0 Å². The van der Waals surface area contributed by atoms with Crippen LogP contribution in [0, 0.1) is 0 Å². The first-order valence-electron chi connectivity index (χ1n) is 8.03. The van der Waals surface area contributed by atoms with Crippen LogP contribution in [0.15, 0.2) is 48.5 Å². The highest BCUT2D eigenvalue weighted by molar-refractivity contribution is 8.01. The van der Waals surface area contributed by atoms with Gasteiger partial charge in [-0.05, 0) is 31.2 Å². The van der Waals surface area contributed by atoms with Crippen molar-refractivity contribution in [3.63, 3.8) is 0 Å². The SMILES string of the molecule is COc1ccccc1NC(=O)CSC(C)C(=O)Nc1ccccc1OC. The molecule has 0 saturated heterocycles. The number of anilines is 2. The molecule has 2 rings (SSSR count). The number of benzene rings is 2. The maximum Gasteiger partial charge on any atom is 0.237 e. The molecule has 0 radical (unpaired) electrons. The van der Waals surface area contributed by atoms with E-state index in [1.807, 2.05) is 24.3 Å². The molecule has 2 aromatic rings. The summed E-state index contributed by atoms with van der Waals surface area (Å²) in [5.74, 6) is 0.944. The predicted octanol–water partition coefficient (Wildman–Crippen LogP) is 3.40. The number of thioether (sulfide) groups is 1. The molecule has 7 heteroatoms. The van der Waals surface area contributed by atoms with E-state index in [1.165, 1.54) is 11.8 Å². The number of para-hydroxylation sites is 4. The van der Waals surface area contributed by atoms with Crippen LogP contribution in [0.1, 0.15) is 6.92 Å². The number of ether oxygens (including phenoxy) is 2. The topological polar surface area (TPSA) is 76.7 Å². The molecular weight excluding hydrogens is 352 g/mol. The lowest BCUT2D eigenvalue weighted by Gasteiger charge is -2.14. The Morgan fingerprint density at radius 2 is 1.42 bits per heavy atom. The summed E-state index contributed by atoms with van der Waals surface area (Å²) in [5.41, 5.74) is 1.21. The van der Waals surface area contributed by atoms with Gasteiger partial charge in [-0.15, -0.1) is 11.8 Å². The fraction of sp³-hybridized carbons (Fsp3) is 0.263. The molecule has 0 fully saturated rings. The second kappa shape index (κ2) is 9.72. The molecule has 6 nitrogen and oxygen atoms in total. The van der Waals surface area contributed by atoms with Crippen molar-refractivity contribution in [1.82, 2.24) is 0 Å². The number of carbonyl (C=O) groups is 2. The molecule has 26 heavy (non-hydrogen) atoms. The third kappa shape index (κ3) is 5.42. The van der Waals surface area contributed by atoms with Gasteiger partial charge in [0.1, 0.15) is 11.5 Å². The third-order valence-corrected chi connectivity index (χ3v) is 4.72. The van der Waals surface area contributed by atoms with E-state index >= 15 is 0 Å². The maximum absolute atomic E-state index is 12.3. The fourth-order valence-corrected chi connectivity index (χ4v) is 2.88. The van der Waals surface area contributed by atoms with E-state index in [4.69, 9.17) is 9.47 Å².